The van der Waals surface area contributed by atoms with E-state index in [4.69, 9.17) is 4.98 Å². The first-order chi connectivity index (χ1) is 20.1. The summed E-state index contributed by atoms with van der Waals surface area (Å²) in [5.41, 5.74) is 5.06. The molecule has 10 heteroatoms. The lowest BCUT2D eigenvalue weighted by Crippen LogP contribution is -2.31. The van der Waals surface area contributed by atoms with Gasteiger partial charge in [0.05, 0.1) is 5.69 Å². The van der Waals surface area contributed by atoms with Crippen molar-refractivity contribution in [3.63, 3.8) is 0 Å². The maximum Gasteiger partial charge on any atom is 0.330 e. The smallest absolute Gasteiger partial charge is 0.318 e. The van der Waals surface area contributed by atoms with Crippen LogP contribution in [0, 0.1) is 0 Å². The Balaban J connectivity index is 1.36. The quantitative estimate of drug-likeness (QED) is 0.276. The maximum absolute atomic E-state index is 13.2. The van der Waals surface area contributed by atoms with Crippen molar-refractivity contribution in [2.45, 2.75) is 45.7 Å². The molecule has 0 aliphatic rings. The molecule has 0 fully saturated rings. The second-order valence-electron chi connectivity index (χ2n) is 10.0. The zero-order chi connectivity index (χ0) is 28.2. The summed E-state index contributed by atoms with van der Waals surface area (Å²) in [5, 5.41) is 11.6. The summed E-state index contributed by atoms with van der Waals surface area (Å²) in [4.78, 5) is 33.5. The highest BCUT2D eigenvalue weighted by Gasteiger charge is 2.19. The summed E-state index contributed by atoms with van der Waals surface area (Å²) in [6.07, 6.45) is 4.88. The first-order valence-electron chi connectivity index (χ1n) is 13.8. The fourth-order valence-corrected chi connectivity index (χ4v) is 5.17. The van der Waals surface area contributed by atoms with E-state index in [0.29, 0.717) is 30.7 Å². The molecule has 3 heterocycles. The molecule has 0 saturated carbocycles. The van der Waals surface area contributed by atoms with Gasteiger partial charge in [0.15, 0.2) is 11.2 Å². The Hall–Kier alpha value is -5.12. The number of imidazole rings is 1. The van der Waals surface area contributed by atoms with Gasteiger partial charge in [0.2, 0.25) is 0 Å². The highest BCUT2D eigenvalue weighted by Crippen LogP contribution is 2.27. The third kappa shape index (κ3) is 5.36. The Labute approximate surface area is 235 Å². The Kier molecular flexibility index (Phi) is 7.36. The molecule has 0 bridgehead atoms. The predicted octanol–water partition coefficient (Wildman–Crippen LogP) is 4.16. The fraction of sp³-hybridized carbons (Fsp3) is 0.226. The third-order valence-electron chi connectivity index (χ3n) is 7.29. The van der Waals surface area contributed by atoms with E-state index in [9.17, 15) is 9.59 Å². The van der Waals surface area contributed by atoms with E-state index in [2.05, 4.69) is 51.7 Å². The predicted molar refractivity (Wildman–Crippen MR) is 157 cm³/mol. The van der Waals surface area contributed by atoms with Crippen LogP contribution in [0.4, 0.5) is 0 Å². The highest BCUT2D eigenvalue weighted by molar-refractivity contribution is 5.73. The van der Waals surface area contributed by atoms with Gasteiger partial charge < -0.3 is 4.57 Å². The molecule has 0 atom stereocenters. The summed E-state index contributed by atoms with van der Waals surface area (Å²) in [5.74, 6) is 0.805. The second kappa shape index (κ2) is 11.5. The number of aromatic nitrogens is 8. The van der Waals surface area contributed by atoms with E-state index in [1.807, 2.05) is 59.2 Å². The lowest BCUT2D eigenvalue weighted by Gasteiger charge is -2.12. The Morgan fingerprint density at radius 3 is 2.37 bits per heavy atom. The molecule has 1 N–H and O–H groups in total. The van der Waals surface area contributed by atoms with E-state index in [0.717, 1.165) is 53.0 Å². The minimum atomic E-state index is -0.435. The SMILES string of the molecule is CCCCc1nc2c(c(=O)[nH]c(=O)n2CCc2ccccc2)n1Cc1ccc(-c2ccccc2-n2cnnn2)cc1. The van der Waals surface area contributed by atoms with Gasteiger partial charge in [0.25, 0.3) is 5.56 Å². The molecule has 0 aliphatic heterocycles. The van der Waals surface area contributed by atoms with E-state index in [-0.39, 0.29) is 0 Å². The van der Waals surface area contributed by atoms with Crippen molar-refractivity contribution in [3.8, 4) is 16.8 Å². The summed E-state index contributed by atoms with van der Waals surface area (Å²) >= 11 is 0. The number of unbranched alkanes of at least 4 members (excludes halogenated alkanes) is 1. The number of aromatic amines is 1. The molecule has 0 unspecified atom stereocenters. The molecule has 10 nitrogen and oxygen atoms in total. The van der Waals surface area contributed by atoms with E-state index >= 15 is 0 Å². The summed E-state index contributed by atoms with van der Waals surface area (Å²) in [6, 6.07) is 26.2. The fourth-order valence-electron chi connectivity index (χ4n) is 5.17. The number of nitrogens with one attached hydrogen (secondary N) is 1. The Morgan fingerprint density at radius 1 is 0.829 bits per heavy atom. The number of hydrogen-bond acceptors (Lipinski definition) is 6. The van der Waals surface area contributed by atoms with Crippen LogP contribution in [0.3, 0.4) is 0 Å². The molecule has 206 valence electrons. The molecule has 6 rings (SSSR count). The monoisotopic (exact) mass is 546 g/mol. The summed E-state index contributed by atoms with van der Waals surface area (Å²) in [6.45, 7) is 3.02. The van der Waals surface area contributed by atoms with Crippen LogP contribution in [0.1, 0.15) is 36.7 Å². The van der Waals surface area contributed by atoms with Gasteiger partial charge in [-0.2, -0.15) is 4.68 Å². The highest BCUT2D eigenvalue weighted by atomic mass is 16.2. The van der Waals surface area contributed by atoms with Crippen molar-refractivity contribution in [2.75, 3.05) is 0 Å². The van der Waals surface area contributed by atoms with Gasteiger partial charge in [0.1, 0.15) is 12.2 Å². The van der Waals surface area contributed by atoms with Crippen LogP contribution < -0.4 is 11.2 Å². The van der Waals surface area contributed by atoms with Crippen molar-refractivity contribution in [1.82, 2.24) is 39.3 Å². The van der Waals surface area contributed by atoms with E-state index in [1.54, 1.807) is 15.6 Å². The molecule has 0 radical (unpaired) electrons. The van der Waals surface area contributed by atoms with Crippen molar-refractivity contribution in [1.29, 1.82) is 0 Å². The number of fused-ring (bicyclic) bond motifs is 1. The average molecular weight is 547 g/mol. The van der Waals surface area contributed by atoms with Crippen LogP contribution in [0.5, 0.6) is 0 Å². The van der Waals surface area contributed by atoms with Crippen molar-refractivity contribution < 1.29 is 0 Å². The van der Waals surface area contributed by atoms with E-state index in [1.165, 1.54) is 0 Å². The second-order valence-corrected chi connectivity index (χ2v) is 10.0. The van der Waals surface area contributed by atoms with Crippen LogP contribution in [0.2, 0.25) is 0 Å². The van der Waals surface area contributed by atoms with Gasteiger partial charge in [-0.15, -0.1) is 5.10 Å². The molecule has 41 heavy (non-hydrogen) atoms. The Morgan fingerprint density at radius 2 is 1.61 bits per heavy atom. The Bertz CT molecular complexity index is 1890. The van der Waals surface area contributed by atoms with Crippen LogP contribution in [0.15, 0.2) is 94.8 Å². The molecule has 0 aliphatic carbocycles. The lowest BCUT2D eigenvalue weighted by atomic mass is 10.0. The average Bonchev–Trinajstić information content (AvgIpc) is 3.66. The minimum Gasteiger partial charge on any atom is -0.318 e. The van der Waals surface area contributed by atoms with Gasteiger partial charge in [-0.1, -0.05) is 86.1 Å². The van der Waals surface area contributed by atoms with Gasteiger partial charge in [0, 0.05) is 25.1 Å². The topological polar surface area (TPSA) is 116 Å². The van der Waals surface area contributed by atoms with Gasteiger partial charge in [-0.05, 0) is 46.0 Å². The zero-order valence-corrected chi connectivity index (χ0v) is 22.8. The number of aryl methyl sites for hydroxylation is 3. The molecule has 0 spiro atoms. The van der Waals surface area contributed by atoms with E-state index < -0.39 is 11.2 Å². The van der Waals surface area contributed by atoms with Gasteiger partial charge >= 0.3 is 5.69 Å². The van der Waals surface area contributed by atoms with Crippen molar-refractivity contribution in [3.05, 3.63) is 123 Å². The molecule has 3 aromatic carbocycles. The molecule has 0 amide bonds. The largest absolute Gasteiger partial charge is 0.330 e. The minimum absolute atomic E-state index is 0.414. The van der Waals surface area contributed by atoms with Crippen LogP contribution in [0.25, 0.3) is 28.0 Å². The number of para-hydroxylation sites is 1. The summed E-state index contributed by atoms with van der Waals surface area (Å²) in [7, 11) is 0. The number of benzene rings is 3. The van der Waals surface area contributed by atoms with Gasteiger partial charge in [-0.3, -0.25) is 14.3 Å². The van der Waals surface area contributed by atoms with Crippen LogP contribution >= 0.6 is 0 Å². The number of H-pyrrole nitrogens is 1. The normalized spacial score (nSPS) is 11.3. The van der Waals surface area contributed by atoms with Crippen molar-refractivity contribution >= 4 is 11.2 Å². The first kappa shape index (κ1) is 26.1. The third-order valence-corrected chi connectivity index (χ3v) is 7.29. The van der Waals surface area contributed by atoms with Gasteiger partial charge in [-0.25, -0.2) is 9.78 Å². The molecular formula is C31H30N8O2. The molecular weight excluding hydrogens is 516 g/mol. The zero-order valence-electron chi connectivity index (χ0n) is 22.8. The molecule has 3 aromatic heterocycles. The molecule has 0 saturated heterocycles. The number of tetrazole rings is 1. The van der Waals surface area contributed by atoms with Crippen molar-refractivity contribution in [2.24, 2.45) is 0 Å². The first-order valence-corrected chi connectivity index (χ1v) is 13.8. The number of hydrogen-bond donors (Lipinski definition) is 1. The number of nitrogens with zero attached hydrogens (tertiary/aromatic N) is 7. The molecule has 6 aromatic rings. The van der Waals surface area contributed by atoms with Crippen LogP contribution in [-0.2, 0) is 25.9 Å². The maximum atomic E-state index is 13.2. The summed E-state index contributed by atoms with van der Waals surface area (Å²) < 4.78 is 5.20. The lowest BCUT2D eigenvalue weighted by molar-refractivity contribution is 0.665. The number of rotatable bonds is 10. The van der Waals surface area contributed by atoms with Crippen LogP contribution in [-0.4, -0.2) is 39.3 Å². The standard InChI is InChI=1S/C31H30N8O2/c1-2-3-13-27-33-29-28(30(40)34-31(41)37(29)19-18-22-9-5-4-6-10-22)38(27)20-23-14-16-24(17-15-23)25-11-7-8-12-26(25)39-21-32-35-36-39/h4-12,14-17,21H,2-3,13,18-20H2,1H3,(H,34,40,41).